The molecule has 1 N–H and O–H groups in total. The quantitative estimate of drug-likeness (QED) is 0.0491. The zero-order chi connectivity index (χ0) is 32.2. The molecule has 0 spiro atoms. The van der Waals surface area contributed by atoms with Gasteiger partial charge in [-0.2, -0.15) is 0 Å². The van der Waals surface area contributed by atoms with E-state index in [0.29, 0.717) is 51.0 Å². The summed E-state index contributed by atoms with van der Waals surface area (Å²) in [5.41, 5.74) is 1.97. The number of aromatic nitrogens is 2. The van der Waals surface area contributed by atoms with Crippen molar-refractivity contribution >= 4 is 68.1 Å². The molecule has 0 aliphatic carbocycles. The third-order valence-corrected chi connectivity index (χ3v) is 9.80. The van der Waals surface area contributed by atoms with Gasteiger partial charge in [0.1, 0.15) is 5.76 Å². The number of thioether (sulfide) groups is 1. The van der Waals surface area contributed by atoms with E-state index < -0.39 is 17.7 Å². The minimum atomic E-state index is -1.00. The predicted octanol–water partition coefficient (Wildman–Crippen LogP) is 8.45. The molecule has 1 aromatic heterocycles. The first-order valence-electron chi connectivity index (χ1n) is 14.8. The molecule has 0 radical (unpaired) electrons. The van der Waals surface area contributed by atoms with Gasteiger partial charge in [0.05, 0.1) is 24.8 Å². The number of rotatable bonds is 11. The van der Waals surface area contributed by atoms with Crippen molar-refractivity contribution in [1.82, 2.24) is 10.2 Å². The Morgan fingerprint density at radius 3 is 2.52 bits per heavy atom. The number of halogens is 1. The number of ketones is 1. The van der Waals surface area contributed by atoms with Crippen LogP contribution in [-0.2, 0) is 15.3 Å². The summed E-state index contributed by atoms with van der Waals surface area (Å²) in [6, 6.07) is 25.1. The fourth-order valence-corrected chi connectivity index (χ4v) is 7.32. The minimum Gasteiger partial charge on any atom is -0.507 e. The van der Waals surface area contributed by atoms with Gasteiger partial charge in [-0.25, -0.2) is 0 Å². The van der Waals surface area contributed by atoms with Gasteiger partial charge in [-0.1, -0.05) is 90.2 Å². The standard InChI is InChI=1S/C35H30ClN3O5S2/c1-3-18-44-27-17-14-23(19-28(27)43-4-2)30-29(31(40)22-12-15-25(36)16-13-22)32(41)33(42)39(30)34-37-38-35(46-34)45-20-24-10-7-9-21-8-5-6-11-26(21)24/h5-17,19,30,40H,3-4,18,20H2,1-2H3. The van der Waals surface area contributed by atoms with Crippen LogP contribution in [-0.4, -0.2) is 40.2 Å². The van der Waals surface area contributed by atoms with Crippen LogP contribution in [0, 0.1) is 0 Å². The van der Waals surface area contributed by atoms with Crippen molar-refractivity contribution in [2.75, 3.05) is 18.1 Å². The number of fused-ring (bicyclic) bond motifs is 1. The summed E-state index contributed by atoms with van der Waals surface area (Å²) in [7, 11) is 0. The number of carbonyl (C=O) groups excluding carboxylic acids is 2. The van der Waals surface area contributed by atoms with E-state index in [1.165, 1.54) is 28.0 Å². The summed E-state index contributed by atoms with van der Waals surface area (Å²) < 4.78 is 12.4. The first-order valence-corrected chi connectivity index (χ1v) is 17.0. The molecule has 2 heterocycles. The molecule has 1 saturated heterocycles. The van der Waals surface area contributed by atoms with Crippen molar-refractivity contribution < 1.29 is 24.2 Å². The molecule has 1 aliphatic rings. The van der Waals surface area contributed by atoms with Gasteiger partial charge in [0.15, 0.2) is 15.8 Å². The third-order valence-electron chi connectivity index (χ3n) is 7.44. The van der Waals surface area contributed by atoms with Gasteiger partial charge < -0.3 is 14.6 Å². The van der Waals surface area contributed by atoms with Crippen LogP contribution in [0.25, 0.3) is 16.5 Å². The highest BCUT2D eigenvalue weighted by molar-refractivity contribution is 8.00. The van der Waals surface area contributed by atoms with Crippen LogP contribution in [0.15, 0.2) is 94.8 Å². The average Bonchev–Trinajstić information content (AvgIpc) is 3.64. The van der Waals surface area contributed by atoms with E-state index in [1.807, 2.05) is 32.0 Å². The number of hydrogen-bond acceptors (Lipinski definition) is 9. The second-order valence-electron chi connectivity index (χ2n) is 10.4. The van der Waals surface area contributed by atoms with Crippen LogP contribution < -0.4 is 14.4 Å². The Morgan fingerprint density at radius 2 is 1.74 bits per heavy atom. The molecule has 6 rings (SSSR count). The number of carbonyl (C=O) groups is 2. The summed E-state index contributed by atoms with van der Waals surface area (Å²) in [4.78, 5) is 28.7. The van der Waals surface area contributed by atoms with Gasteiger partial charge in [0.25, 0.3) is 5.78 Å². The summed E-state index contributed by atoms with van der Waals surface area (Å²) in [5, 5.41) is 23.2. The fourth-order valence-electron chi connectivity index (χ4n) is 5.32. The molecular formula is C35H30ClN3O5S2. The summed E-state index contributed by atoms with van der Waals surface area (Å²) in [6.45, 7) is 4.75. The number of hydrogen-bond donors (Lipinski definition) is 1. The van der Waals surface area contributed by atoms with Crippen molar-refractivity contribution in [2.45, 2.75) is 36.4 Å². The van der Waals surface area contributed by atoms with Crippen molar-refractivity contribution in [2.24, 2.45) is 0 Å². The van der Waals surface area contributed by atoms with Gasteiger partial charge in [-0.3, -0.25) is 14.5 Å². The Morgan fingerprint density at radius 1 is 0.957 bits per heavy atom. The molecule has 8 nitrogen and oxygen atoms in total. The zero-order valence-electron chi connectivity index (χ0n) is 25.1. The number of benzene rings is 4. The van der Waals surface area contributed by atoms with Crippen LogP contribution in [0.3, 0.4) is 0 Å². The summed E-state index contributed by atoms with van der Waals surface area (Å²) in [6.07, 6.45) is 0.812. The number of nitrogens with zero attached hydrogens (tertiary/aromatic N) is 3. The Labute approximate surface area is 279 Å². The SMILES string of the molecule is CCCOc1ccc(C2C(=C(O)c3ccc(Cl)cc3)C(=O)C(=O)N2c2nnc(SCc3cccc4ccccc34)s2)cc1OCC. The Kier molecular flexibility index (Phi) is 9.58. The molecule has 4 aromatic carbocycles. The Hall–Kier alpha value is -4.38. The number of amides is 1. The number of anilines is 1. The van der Waals surface area contributed by atoms with E-state index in [2.05, 4.69) is 34.5 Å². The maximum absolute atomic E-state index is 13.7. The number of aliphatic hydroxyl groups excluding tert-OH is 1. The van der Waals surface area contributed by atoms with E-state index in [-0.39, 0.29) is 16.5 Å². The van der Waals surface area contributed by atoms with E-state index in [1.54, 1.807) is 42.5 Å². The lowest BCUT2D eigenvalue weighted by atomic mass is 9.95. The van der Waals surface area contributed by atoms with Crippen molar-refractivity contribution in [1.29, 1.82) is 0 Å². The molecule has 0 bridgehead atoms. The van der Waals surface area contributed by atoms with E-state index in [4.69, 9.17) is 21.1 Å². The smallest absolute Gasteiger partial charge is 0.301 e. The van der Waals surface area contributed by atoms with E-state index in [9.17, 15) is 14.7 Å². The normalized spacial score (nSPS) is 15.9. The van der Waals surface area contributed by atoms with Crippen LogP contribution in [0.5, 0.6) is 11.5 Å². The topological polar surface area (TPSA) is 102 Å². The molecule has 1 fully saturated rings. The largest absolute Gasteiger partial charge is 0.507 e. The number of Topliss-reactive ketones (excluding diaryl/α,β-unsaturated/α-hetero) is 1. The maximum Gasteiger partial charge on any atom is 0.301 e. The lowest BCUT2D eigenvalue weighted by Gasteiger charge is -2.23. The third kappa shape index (κ3) is 6.33. The van der Waals surface area contributed by atoms with Gasteiger partial charge in [-0.05, 0) is 71.6 Å². The van der Waals surface area contributed by atoms with Gasteiger partial charge in [0.2, 0.25) is 5.13 Å². The average molecular weight is 672 g/mol. The van der Waals surface area contributed by atoms with E-state index >= 15 is 0 Å². The molecule has 1 aliphatic heterocycles. The molecule has 1 atom stereocenters. The van der Waals surface area contributed by atoms with E-state index in [0.717, 1.165) is 22.8 Å². The van der Waals surface area contributed by atoms with Crippen molar-refractivity contribution in [3.63, 3.8) is 0 Å². The fraction of sp³-hybridized carbons (Fsp3) is 0.200. The van der Waals surface area contributed by atoms with Crippen LogP contribution in [0.4, 0.5) is 5.13 Å². The minimum absolute atomic E-state index is 0.0721. The number of aliphatic hydroxyl groups is 1. The highest BCUT2D eigenvalue weighted by Gasteiger charge is 2.48. The highest BCUT2D eigenvalue weighted by Crippen LogP contribution is 2.46. The molecular weight excluding hydrogens is 642 g/mol. The Balaban J connectivity index is 1.40. The van der Waals surface area contributed by atoms with Crippen LogP contribution in [0.2, 0.25) is 5.02 Å². The monoisotopic (exact) mass is 671 g/mol. The second-order valence-corrected chi connectivity index (χ2v) is 13.1. The van der Waals surface area contributed by atoms with Crippen molar-refractivity contribution in [3.05, 3.63) is 112 Å². The molecule has 5 aromatic rings. The number of ether oxygens (including phenoxy) is 2. The molecule has 0 saturated carbocycles. The highest BCUT2D eigenvalue weighted by atomic mass is 35.5. The van der Waals surface area contributed by atoms with Gasteiger partial charge >= 0.3 is 5.91 Å². The van der Waals surface area contributed by atoms with Crippen LogP contribution >= 0.6 is 34.7 Å². The summed E-state index contributed by atoms with van der Waals surface area (Å²) >= 11 is 8.80. The molecule has 234 valence electrons. The lowest BCUT2D eigenvalue weighted by Crippen LogP contribution is -2.29. The van der Waals surface area contributed by atoms with Crippen molar-refractivity contribution in [3.8, 4) is 11.5 Å². The molecule has 1 unspecified atom stereocenters. The summed E-state index contributed by atoms with van der Waals surface area (Å²) in [5.74, 6) is -0.305. The molecule has 1 amide bonds. The predicted molar refractivity (Wildman–Crippen MR) is 183 cm³/mol. The second kappa shape index (κ2) is 13.9. The first kappa shape index (κ1) is 31.6. The van der Waals surface area contributed by atoms with Crippen LogP contribution in [0.1, 0.15) is 43.0 Å². The maximum atomic E-state index is 13.7. The molecule has 46 heavy (non-hydrogen) atoms. The van der Waals surface area contributed by atoms with Gasteiger partial charge in [0, 0.05) is 16.3 Å². The lowest BCUT2D eigenvalue weighted by molar-refractivity contribution is -0.132. The zero-order valence-corrected chi connectivity index (χ0v) is 27.5. The van der Waals surface area contributed by atoms with Gasteiger partial charge in [-0.15, -0.1) is 10.2 Å². The Bertz CT molecular complexity index is 1940. The first-order chi connectivity index (χ1) is 22.4. The molecule has 11 heteroatoms.